The number of carbonyl (C=O) groups excluding carboxylic acids is 4. The van der Waals surface area contributed by atoms with E-state index in [1.165, 1.54) is 11.3 Å². The molecule has 1 aromatic rings. The molecule has 180 valence electrons. The fourth-order valence-corrected chi connectivity index (χ4v) is 5.40. The number of ether oxygens (including phenoxy) is 3. The van der Waals surface area contributed by atoms with Crippen LogP contribution < -0.4 is 10.6 Å². The normalized spacial score (nSPS) is 15.6. The number of allylic oxidation sites excluding steroid dienone is 2. The minimum absolute atomic E-state index is 0.114. The molecule has 0 bridgehead atoms. The summed E-state index contributed by atoms with van der Waals surface area (Å²) in [6, 6.07) is 2.15. The third-order valence-electron chi connectivity index (χ3n) is 5.69. The molecule has 0 unspecified atom stereocenters. The lowest BCUT2D eigenvalue weighted by atomic mass is 9.85. The van der Waals surface area contributed by atoms with Gasteiger partial charge in [0.15, 0.2) is 6.61 Å². The quantitative estimate of drug-likeness (QED) is 0.455. The Balaban J connectivity index is 1.79. The lowest BCUT2D eigenvalue weighted by Crippen LogP contribution is -2.38. The minimum Gasteiger partial charge on any atom is -0.466 e. The number of thiophene rings is 1. The maximum Gasteiger partial charge on any atom is 0.336 e. The zero-order valence-electron chi connectivity index (χ0n) is 19.3. The molecule has 1 aliphatic heterocycles. The Hall–Kier alpha value is -3.65. The molecule has 0 atom stereocenters. The van der Waals surface area contributed by atoms with Crippen molar-refractivity contribution in [1.82, 2.24) is 5.32 Å². The zero-order chi connectivity index (χ0) is 25.0. The Morgan fingerprint density at radius 3 is 2.21 bits per heavy atom. The van der Waals surface area contributed by atoms with Gasteiger partial charge >= 0.3 is 17.9 Å². The summed E-state index contributed by atoms with van der Waals surface area (Å²) in [4.78, 5) is 51.4. The minimum atomic E-state index is -1.43. The van der Waals surface area contributed by atoms with E-state index in [1.54, 1.807) is 13.8 Å². The highest BCUT2D eigenvalue weighted by molar-refractivity contribution is 7.16. The molecule has 2 aliphatic rings. The first-order chi connectivity index (χ1) is 16.2. The molecule has 2 N–H and O–H groups in total. The van der Waals surface area contributed by atoms with Crippen molar-refractivity contribution in [2.24, 2.45) is 5.92 Å². The first-order valence-corrected chi connectivity index (χ1v) is 11.4. The van der Waals surface area contributed by atoms with E-state index < -0.39 is 36.3 Å². The van der Waals surface area contributed by atoms with Crippen LogP contribution in [-0.4, -0.2) is 44.6 Å². The number of esters is 3. The predicted octanol–water partition coefficient (Wildman–Crippen LogP) is 2.09. The van der Waals surface area contributed by atoms with Gasteiger partial charge in [0.1, 0.15) is 17.0 Å². The Bertz CT molecular complexity index is 1120. The van der Waals surface area contributed by atoms with Gasteiger partial charge in [0.05, 0.1) is 30.9 Å². The number of rotatable bonds is 6. The van der Waals surface area contributed by atoms with Crippen molar-refractivity contribution in [1.29, 1.82) is 5.26 Å². The van der Waals surface area contributed by atoms with Gasteiger partial charge in [0, 0.05) is 16.3 Å². The Morgan fingerprint density at radius 1 is 1.06 bits per heavy atom. The standard InChI is InChI=1S/C23H25N3O7S/c1-11-17(21(28)31-3)19(18(12(2)25-11)22(29)32-4)23(30)33-10-16(27)26-20-14(9-24)13-7-5-6-8-15(13)34-20/h19,25H,5-8,10H2,1-4H3,(H,26,27). The fourth-order valence-electron chi connectivity index (χ4n) is 4.15. The van der Waals surface area contributed by atoms with Crippen molar-refractivity contribution < 1.29 is 33.4 Å². The highest BCUT2D eigenvalue weighted by atomic mass is 32.1. The van der Waals surface area contributed by atoms with E-state index in [9.17, 15) is 24.4 Å². The first kappa shape index (κ1) is 25.0. The van der Waals surface area contributed by atoms with E-state index in [1.807, 2.05) is 0 Å². The van der Waals surface area contributed by atoms with Crippen LogP contribution in [0, 0.1) is 17.2 Å². The van der Waals surface area contributed by atoms with E-state index in [-0.39, 0.29) is 11.1 Å². The molecule has 1 aliphatic carbocycles. The van der Waals surface area contributed by atoms with Gasteiger partial charge in [-0.15, -0.1) is 11.3 Å². The molecule has 0 radical (unpaired) electrons. The molecular weight excluding hydrogens is 462 g/mol. The van der Waals surface area contributed by atoms with Gasteiger partial charge in [-0.1, -0.05) is 0 Å². The number of nitrogens with zero attached hydrogens (tertiary/aromatic N) is 1. The highest BCUT2D eigenvalue weighted by Gasteiger charge is 2.42. The third-order valence-corrected chi connectivity index (χ3v) is 6.90. The van der Waals surface area contributed by atoms with Crippen LogP contribution in [0.4, 0.5) is 5.00 Å². The summed E-state index contributed by atoms with van der Waals surface area (Å²) >= 11 is 1.35. The second kappa shape index (κ2) is 10.5. The number of amides is 1. The Labute approximate surface area is 200 Å². The number of carbonyl (C=O) groups is 4. The number of nitriles is 1. The molecule has 2 heterocycles. The molecule has 0 saturated carbocycles. The van der Waals surface area contributed by atoms with Gasteiger partial charge in [-0.05, 0) is 45.1 Å². The average molecular weight is 488 g/mol. The van der Waals surface area contributed by atoms with Crippen LogP contribution in [0.2, 0.25) is 0 Å². The molecular formula is C23H25N3O7S. The van der Waals surface area contributed by atoms with Gasteiger partial charge in [-0.2, -0.15) is 5.26 Å². The van der Waals surface area contributed by atoms with Crippen LogP contribution in [-0.2, 0) is 46.2 Å². The summed E-state index contributed by atoms with van der Waals surface area (Å²) in [5.74, 6) is -4.71. The van der Waals surface area contributed by atoms with E-state index >= 15 is 0 Å². The molecule has 0 fully saturated rings. The molecule has 11 heteroatoms. The summed E-state index contributed by atoms with van der Waals surface area (Å²) in [6.45, 7) is 2.44. The maximum atomic E-state index is 13.0. The van der Waals surface area contributed by atoms with E-state index in [0.717, 1.165) is 50.3 Å². The molecule has 0 aromatic carbocycles. The van der Waals surface area contributed by atoms with Crippen LogP contribution >= 0.6 is 11.3 Å². The summed E-state index contributed by atoms with van der Waals surface area (Å²) in [7, 11) is 2.30. The number of methoxy groups -OCH3 is 2. The summed E-state index contributed by atoms with van der Waals surface area (Å²) in [6.07, 6.45) is 3.67. The lowest BCUT2D eigenvalue weighted by molar-refractivity contribution is -0.152. The third kappa shape index (κ3) is 4.82. The fraction of sp³-hybridized carbons (Fsp3) is 0.435. The molecule has 0 spiro atoms. The van der Waals surface area contributed by atoms with Gasteiger partial charge in [-0.3, -0.25) is 9.59 Å². The number of hydrogen-bond donors (Lipinski definition) is 2. The first-order valence-electron chi connectivity index (χ1n) is 10.6. The van der Waals surface area contributed by atoms with Gasteiger partial charge in [0.2, 0.25) is 0 Å². The largest absolute Gasteiger partial charge is 0.466 e. The van der Waals surface area contributed by atoms with Crippen molar-refractivity contribution in [2.75, 3.05) is 26.1 Å². The predicted molar refractivity (Wildman–Crippen MR) is 121 cm³/mol. The molecule has 10 nitrogen and oxygen atoms in total. The topological polar surface area (TPSA) is 144 Å². The van der Waals surface area contributed by atoms with Crippen LogP contribution in [0.3, 0.4) is 0 Å². The Morgan fingerprint density at radius 2 is 1.65 bits per heavy atom. The second-order valence-corrected chi connectivity index (χ2v) is 8.91. The van der Waals surface area contributed by atoms with E-state index in [0.29, 0.717) is 22.0 Å². The van der Waals surface area contributed by atoms with Gasteiger partial charge in [-0.25, -0.2) is 9.59 Å². The molecule has 0 saturated heterocycles. The number of fused-ring (bicyclic) bond motifs is 1. The molecule has 34 heavy (non-hydrogen) atoms. The van der Waals surface area contributed by atoms with E-state index in [4.69, 9.17) is 14.2 Å². The number of nitrogens with one attached hydrogen (secondary N) is 2. The second-order valence-electron chi connectivity index (χ2n) is 7.80. The van der Waals surface area contributed by atoms with Gasteiger partial charge in [0.25, 0.3) is 5.91 Å². The van der Waals surface area contributed by atoms with Crippen molar-refractivity contribution in [3.05, 3.63) is 38.5 Å². The van der Waals surface area contributed by atoms with Crippen molar-refractivity contribution in [3.63, 3.8) is 0 Å². The number of hydrogen-bond acceptors (Lipinski definition) is 10. The van der Waals surface area contributed by atoms with Crippen LogP contribution in [0.1, 0.15) is 42.7 Å². The number of dihydropyridines is 1. The van der Waals surface area contributed by atoms with Crippen molar-refractivity contribution in [2.45, 2.75) is 39.5 Å². The lowest BCUT2D eigenvalue weighted by Gasteiger charge is -2.28. The Kier molecular flexibility index (Phi) is 7.73. The number of aryl methyl sites for hydroxylation is 1. The zero-order valence-corrected chi connectivity index (χ0v) is 20.1. The summed E-state index contributed by atoms with van der Waals surface area (Å²) < 4.78 is 14.8. The summed E-state index contributed by atoms with van der Waals surface area (Å²) in [5, 5.41) is 15.5. The number of anilines is 1. The average Bonchev–Trinajstić information content (AvgIpc) is 3.17. The van der Waals surface area contributed by atoms with Crippen molar-refractivity contribution in [3.8, 4) is 6.07 Å². The monoisotopic (exact) mass is 487 g/mol. The smallest absolute Gasteiger partial charge is 0.336 e. The highest BCUT2D eigenvalue weighted by Crippen LogP contribution is 2.37. The SMILES string of the molecule is COC(=O)C1=C(C)NC(C)=C(C(=O)OC)C1C(=O)OCC(=O)Nc1sc2c(c1C#N)CCCC2. The summed E-state index contributed by atoms with van der Waals surface area (Å²) in [5.41, 5.74) is 1.80. The van der Waals surface area contributed by atoms with Crippen LogP contribution in [0.25, 0.3) is 0 Å². The maximum absolute atomic E-state index is 13.0. The molecule has 3 rings (SSSR count). The van der Waals surface area contributed by atoms with Crippen LogP contribution in [0.5, 0.6) is 0 Å². The van der Waals surface area contributed by atoms with E-state index in [2.05, 4.69) is 16.7 Å². The van der Waals surface area contributed by atoms with Crippen LogP contribution in [0.15, 0.2) is 22.5 Å². The van der Waals surface area contributed by atoms with Gasteiger partial charge < -0.3 is 24.8 Å². The van der Waals surface area contributed by atoms with Crippen molar-refractivity contribution >= 4 is 40.2 Å². The molecule has 1 aromatic heterocycles. The molecule has 1 amide bonds.